The maximum Gasteiger partial charge on any atom is 0.0908 e. The third kappa shape index (κ3) is 4.37. The summed E-state index contributed by atoms with van der Waals surface area (Å²) in [4.78, 5) is 0. The van der Waals surface area contributed by atoms with E-state index in [4.69, 9.17) is 5.26 Å². The highest BCUT2D eigenvalue weighted by molar-refractivity contribution is 5.04. The van der Waals surface area contributed by atoms with E-state index in [0.29, 0.717) is 5.92 Å². The lowest BCUT2D eigenvalue weighted by molar-refractivity contribution is 0.152. The molecule has 2 fully saturated rings. The van der Waals surface area contributed by atoms with Crippen molar-refractivity contribution in [3.63, 3.8) is 0 Å². The first-order valence-corrected chi connectivity index (χ1v) is 8.39. The van der Waals surface area contributed by atoms with Crippen LogP contribution in [0.25, 0.3) is 0 Å². The van der Waals surface area contributed by atoms with Crippen molar-refractivity contribution < 1.29 is 0 Å². The second-order valence-corrected chi connectivity index (χ2v) is 6.73. The van der Waals surface area contributed by atoms with Crippen LogP contribution in [0.15, 0.2) is 12.2 Å². The molecule has 0 aromatic rings. The molecule has 0 bridgehead atoms. The summed E-state index contributed by atoms with van der Waals surface area (Å²) < 4.78 is 0. The zero-order valence-electron chi connectivity index (χ0n) is 12.5. The number of hydrogen-bond donors (Lipinski definition) is 0. The van der Waals surface area contributed by atoms with E-state index in [1.54, 1.807) is 6.08 Å². The average Bonchev–Trinajstić information content (AvgIpc) is 2.47. The Kier molecular flexibility index (Phi) is 5.95. The summed E-state index contributed by atoms with van der Waals surface area (Å²) in [7, 11) is 0. The fraction of sp³-hybridized carbons (Fsp3) is 0.833. The summed E-state index contributed by atoms with van der Waals surface area (Å²) in [5, 5.41) is 8.58. The van der Waals surface area contributed by atoms with Gasteiger partial charge >= 0.3 is 0 Å². The third-order valence-electron chi connectivity index (χ3n) is 5.51. The van der Waals surface area contributed by atoms with E-state index < -0.39 is 0 Å². The first-order valence-electron chi connectivity index (χ1n) is 8.39. The van der Waals surface area contributed by atoms with E-state index in [9.17, 15) is 0 Å². The van der Waals surface area contributed by atoms with Gasteiger partial charge in [-0.15, -0.1) is 0 Å². The molecule has 1 nitrogen and oxygen atoms in total. The molecule has 2 rings (SSSR count). The number of hydrogen-bond acceptors (Lipinski definition) is 1. The number of nitriles is 1. The smallest absolute Gasteiger partial charge is 0.0908 e. The molecular weight excluding hydrogens is 230 g/mol. The van der Waals surface area contributed by atoms with Crippen molar-refractivity contribution >= 4 is 0 Å². The van der Waals surface area contributed by atoms with Gasteiger partial charge in [-0.2, -0.15) is 5.26 Å². The highest BCUT2D eigenvalue weighted by Gasteiger charge is 2.29. The Labute approximate surface area is 119 Å². The van der Waals surface area contributed by atoms with Gasteiger partial charge in [0.25, 0.3) is 0 Å². The molecule has 0 aromatic heterocycles. The Morgan fingerprint density at radius 2 is 1.53 bits per heavy atom. The summed E-state index contributed by atoms with van der Waals surface area (Å²) in [5.74, 6) is 3.74. The standard InChI is InChI=1S/C18H29N/c1-2-4-15-6-10-17(11-7-15)18-12-8-16(9-13-18)5-3-14-19/h3,5,15-18H,2,4,6-13H2,1H3/b5-3+. The first kappa shape index (κ1) is 14.6. The molecule has 2 aliphatic carbocycles. The molecule has 19 heavy (non-hydrogen) atoms. The monoisotopic (exact) mass is 259 g/mol. The minimum absolute atomic E-state index is 0.687. The van der Waals surface area contributed by atoms with Gasteiger partial charge in [0.1, 0.15) is 0 Å². The van der Waals surface area contributed by atoms with Crippen LogP contribution in [-0.4, -0.2) is 0 Å². The predicted octanol–water partition coefficient (Wildman–Crippen LogP) is 5.48. The molecule has 0 unspecified atom stereocenters. The van der Waals surface area contributed by atoms with E-state index in [0.717, 1.165) is 17.8 Å². The van der Waals surface area contributed by atoms with Crippen LogP contribution in [0, 0.1) is 35.0 Å². The molecule has 0 spiro atoms. The van der Waals surface area contributed by atoms with Crippen LogP contribution in [-0.2, 0) is 0 Å². The van der Waals surface area contributed by atoms with Gasteiger partial charge in [0.2, 0.25) is 0 Å². The third-order valence-corrected chi connectivity index (χ3v) is 5.51. The Morgan fingerprint density at radius 3 is 2.05 bits per heavy atom. The van der Waals surface area contributed by atoms with Crippen molar-refractivity contribution in [3.05, 3.63) is 12.2 Å². The van der Waals surface area contributed by atoms with Crippen molar-refractivity contribution in [2.24, 2.45) is 23.7 Å². The molecule has 0 heterocycles. The Hall–Kier alpha value is -0.770. The Bertz CT molecular complexity index is 309. The first-order chi connectivity index (χ1) is 9.33. The van der Waals surface area contributed by atoms with Crippen LogP contribution in [0.5, 0.6) is 0 Å². The zero-order valence-corrected chi connectivity index (χ0v) is 12.5. The van der Waals surface area contributed by atoms with Gasteiger partial charge in [-0.25, -0.2) is 0 Å². The van der Waals surface area contributed by atoms with Crippen molar-refractivity contribution in [2.75, 3.05) is 0 Å². The van der Waals surface area contributed by atoms with Gasteiger partial charge in [-0.3, -0.25) is 0 Å². The fourth-order valence-corrected chi connectivity index (χ4v) is 4.34. The van der Waals surface area contributed by atoms with E-state index in [1.165, 1.54) is 64.2 Å². The number of allylic oxidation sites excluding steroid dienone is 2. The van der Waals surface area contributed by atoms with Gasteiger partial charge in [-0.05, 0) is 62.2 Å². The predicted molar refractivity (Wildman–Crippen MR) is 80.6 cm³/mol. The Morgan fingerprint density at radius 1 is 0.947 bits per heavy atom. The molecule has 0 atom stereocenters. The topological polar surface area (TPSA) is 23.8 Å². The summed E-state index contributed by atoms with van der Waals surface area (Å²) in [6.07, 6.45) is 18.1. The van der Waals surface area contributed by atoms with Crippen molar-refractivity contribution in [2.45, 2.75) is 71.1 Å². The quantitative estimate of drug-likeness (QED) is 0.613. The molecule has 106 valence electrons. The summed E-state index contributed by atoms with van der Waals surface area (Å²) >= 11 is 0. The number of rotatable bonds is 4. The molecule has 1 heteroatoms. The second-order valence-electron chi connectivity index (χ2n) is 6.73. The summed E-state index contributed by atoms with van der Waals surface area (Å²) in [5.41, 5.74) is 0. The van der Waals surface area contributed by atoms with Crippen LogP contribution >= 0.6 is 0 Å². The maximum atomic E-state index is 8.58. The number of nitrogens with zero attached hydrogens (tertiary/aromatic N) is 1. The molecule has 0 amide bonds. The molecule has 2 saturated carbocycles. The van der Waals surface area contributed by atoms with Crippen LogP contribution in [0.1, 0.15) is 71.1 Å². The molecule has 0 aromatic carbocycles. The average molecular weight is 259 g/mol. The molecule has 0 aliphatic heterocycles. The summed E-state index contributed by atoms with van der Waals surface area (Å²) in [6, 6.07) is 2.13. The van der Waals surface area contributed by atoms with Crippen LogP contribution in [0.4, 0.5) is 0 Å². The van der Waals surface area contributed by atoms with E-state index in [1.807, 2.05) is 0 Å². The van der Waals surface area contributed by atoms with Crippen LogP contribution < -0.4 is 0 Å². The van der Waals surface area contributed by atoms with Gasteiger partial charge in [0.15, 0.2) is 0 Å². The molecular formula is C18H29N. The van der Waals surface area contributed by atoms with E-state index in [-0.39, 0.29) is 0 Å². The highest BCUT2D eigenvalue weighted by atomic mass is 14.4. The second kappa shape index (κ2) is 7.73. The maximum absolute atomic E-state index is 8.58. The van der Waals surface area contributed by atoms with Crippen LogP contribution in [0.2, 0.25) is 0 Å². The van der Waals surface area contributed by atoms with Crippen molar-refractivity contribution in [1.82, 2.24) is 0 Å². The lowest BCUT2D eigenvalue weighted by Gasteiger charge is -2.37. The SMILES string of the molecule is CCCC1CCC(C2CCC(/C=C/C#N)CC2)CC1. The van der Waals surface area contributed by atoms with Gasteiger partial charge < -0.3 is 0 Å². The lowest BCUT2D eigenvalue weighted by atomic mass is 9.69. The largest absolute Gasteiger partial charge is 0.193 e. The lowest BCUT2D eigenvalue weighted by Crippen LogP contribution is -2.25. The molecule has 0 saturated heterocycles. The van der Waals surface area contributed by atoms with Crippen molar-refractivity contribution in [1.29, 1.82) is 5.26 Å². The Balaban J connectivity index is 1.71. The minimum atomic E-state index is 0.687. The molecule has 2 aliphatic rings. The molecule has 0 N–H and O–H groups in total. The normalized spacial score (nSPS) is 36.2. The minimum Gasteiger partial charge on any atom is -0.193 e. The highest BCUT2D eigenvalue weighted by Crippen LogP contribution is 2.42. The fourth-order valence-electron chi connectivity index (χ4n) is 4.34. The van der Waals surface area contributed by atoms with Gasteiger partial charge in [0.05, 0.1) is 6.07 Å². The van der Waals surface area contributed by atoms with Gasteiger partial charge in [-0.1, -0.05) is 38.7 Å². The van der Waals surface area contributed by atoms with E-state index in [2.05, 4.69) is 19.1 Å². The summed E-state index contributed by atoms with van der Waals surface area (Å²) in [6.45, 7) is 2.32. The zero-order chi connectivity index (χ0) is 13.5. The van der Waals surface area contributed by atoms with Crippen molar-refractivity contribution in [3.8, 4) is 6.07 Å². The van der Waals surface area contributed by atoms with Gasteiger partial charge in [0, 0.05) is 6.08 Å². The van der Waals surface area contributed by atoms with E-state index >= 15 is 0 Å². The van der Waals surface area contributed by atoms with Crippen LogP contribution in [0.3, 0.4) is 0 Å². The molecule has 0 radical (unpaired) electrons.